The number of nitrogen functional groups attached to an aromatic ring is 1. The Balaban J connectivity index is 2.15. The summed E-state index contributed by atoms with van der Waals surface area (Å²) in [6.07, 6.45) is 0.821. The summed E-state index contributed by atoms with van der Waals surface area (Å²) >= 11 is 0. The number of nitrogens with two attached hydrogens (primary N) is 1. The minimum Gasteiger partial charge on any atom is -0.495 e. The maximum Gasteiger partial charge on any atom is 0.251 e. The highest BCUT2D eigenvalue weighted by Crippen LogP contribution is 2.23. The summed E-state index contributed by atoms with van der Waals surface area (Å²) in [7, 11) is 1.55. The molecule has 1 atom stereocenters. The molecule has 2 aromatic carbocycles. The van der Waals surface area contributed by atoms with Gasteiger partial charge in [-0.3, -0.25) is 4.79 Å². The molecule has 0 radical (unpaired) electrons. The normalized spacial score (nSPS) is 11.7. The first-order valence-electron chi connectivity index (χ1n) is 6.95. The number of anilines is 1. The lowest BCUT2D eigenvalue weighted by molar-refractivity contribution is 0.0935. The Morgan fingerprint density at radius 1 is 1.24 bits per heavy atom. The minimum absolute atomic E-state index is 0.0120. The molecule has 110 valence electrons. The van der Waals surface area contributed by atoms with Gasteiger partial charge in [-0.2, -0.15) is 0 Å². The van der Waals surface area contributed by atoms with Gasteiger partial charge in [-0.05, 0) is 30.2 Å². The van der Waals surface area contributed by atoms with Crippen molar-refractivity contribution >= 4 is 11.6 Å². The van der Waals surface area contributed by atoms with Gasteiger partial charge in [0.05, 0.1) is 18.8 Å². The maximum absolute atomic E-state index is 12.3. The van der Waals surface area contributed by atoms with E-state index >= 15 is 0 Å². The molecule has 0 bridgehead atoms. The van der Waals surface area contributed by atoms with Crippen LogP contribution in [0.2, 0.25) is 0 Å². The average molecular weight is 284 g/mol. The zero-order valence-electron chi connectivity index (χ0n) is 12.3. The largest absolute Gasteiger partial charge is 0.495 e. The second-order valence-corrected chi connectivity index (χ2v) is 4.80. The smallest absolute Gasteiger partial charge is 0.251 e. The van der Waals surface area contributed by atoms with E-state index in [-0.39, 0.29) is 11.9 Å². The van der Waals surface area contributed by atoms with Gasteiger partial charge in [0, 0.05) is 5.56 Å². The Bertz CT molecular complexity index is 611. The fourth-order valence-electron chi connectivity index (χ4n) is 2.22. The number of amides is 1. The molecule has 4 heteroatoms. The van der Waals surface area contributed by atoms with Crippen LogP contribution in [0.15, 0.2) is 48.5 Å². The predicted molar refractivity (Wildman–Crippen MR) is 84.3 cm³/mol. The van der Waals surface area contributed by atoms with Gasteiger partial charge in [-0.15, -0.1) is 0 Å². The van der Waals surface area contributed by atoms with Gasteiger partial charge < -0.3 is 15.8 Å². The highest BCUT2D eigenvalue weighted by molar-refractivity contribution is 5.95. The van der Waals surface area contributed by atoms with Crippen LogP contribution in [0.25, 0.3) is 0 Å². The molecule has 0 heterocycles. The molecule has 0 aliphatic heterocycles. The van der Waals surface area contributed by atoms with Gasteiger partial charge >= 0.3 is 0 Å². The van der Waals surface area contributed by atoms with Crippen molar-refractivity contribution < 1.29 is 9.53 Å². The van der Waals surface area contributed by atoms with Gasteiger partial charge in [0.25, 0.3) is 5.91 Å². The summed E-state index contributed by atoms with van der Waals surface area (Å²) in [4.78, 5) is 12.3. The summed E-state index contributed by atoms with van der Waals surface area (Å²) in [5, 5.41) is 3.03. The highest BCUT2D eigenvalue weighted by Gasteiger charge is 2.14. The zero-order valence-corrected chi connectivity index (χ0v) is 12.3. The molecule has 0 saturated heterocycles. The molecule has 0 aliphatic rings. The van der Waals surface area contributed by atoms with Gasteiger partial charge in [-0.25, -0.2) is 0 Å². The monoisotopic (exact) mass is 284 g/mol. The van der Waals surface area contributed by atoms with Crippen molar-refractivity contribution in [3.63, 3.8) is 0 Å². The highest BCUT2D eigenvalue weighted by atomic mass is 16.5. The summed E-state index contributed by atoms with van der Waals surface area (Å²) in [6.45, 7) is 2.04. The van der Waals surface area contributed by atoms with E-state index in [0.29, 0.717) is 17.0 Å². The number of methoxy groups -OCH3 is 1. The lowest BCUT2D eigenvalue weighted by atomic mass is 10.0. The van der Waals surface area contributed by atoms with Crippen LogP contribution in [0.5, 0.6) is 5.75 Å². The van der Waals surface area contributed by atoms with E-state index in [1.807, 2.05) is 37.3 Å². The number of hydrogen-bond donors (Lipinski definition) is 2. The first-order chi connectivity index (χ1) is 10.2. The Morgan fingerprint density at radius 2 is 1.95 bits per heavy atom. The SMILES string of the molecule is CCC(NC(=O)c1ccc(OC)c(N)c1)c1ccccc1. The van der Waals surface area contributed by atoms with Gasteiger partial charge in [-0.1, -0.05) is 37.3 Å². The molecule has 21 heavy (non-hydrogen) atoms. The van der Waals surface area contributed by atoms with Crippen LogP contribution in [0, 0.1) is 0 Å². The quantitative estimate of drug-likeness (QED) is 0.829. The van der Waals surface area contributed by atoms with Crippen molar-refractivity contribution in [2.45, 2.75) is 19.4 Å². The zero-order chi connectivity index (χ0) is 15.2. The number of hydrogen-bond acceptors (Lipinski definition) is 3. The van der Waals surface area contributed by atoms with Crippen LogP contribution in [0.4, 0.5) is 5.69 Å². The molecular weight excluding hydrogens is 264 g/mol. The maximum atomic E-state index is 12.3. The molecule has 0 aliphatic carbocycles. The molecule has 2 aromatic rings. The summed E-state index contributed by atoms with van der Waals surface area (Å²) in [5.74, 6) is 0.432. The van der Waals surface area contributed by atoms with Crippen LogP contribution in [-0.4, -0.2) is 13.0 Å². The summed E-state index contributed by atoms with van der Waals surface area (Å²) in [6, 6.07) is 14.9. The number of benzene rings is 2. The summed E-state index contributed by atoms with van der Waals surface area (Å²) in [5.41, 5.74) is 7.92. The van der Waals surface area contributed by atoms with E-state index in [1.165, 1.54) is 0 Å². The molecule has 1 amide bonds. The van der Waals surface area contributed by atoms with E-state index < -0.39 is 0 Å². The van der Waals surface area contributed by atoms with Crippen LogP contribution in [0.1, 0.15) is 35.3 Å². The molecule has 0 spiro atoms. The molecule has 0 fully saturated rings. The number of nitrogens with one attached hydrogen (secondary N) is 1. The Morgan fingerprint density at radius 3 is 2.52 bits per heavy atom. The van der Waals surface area contributed by atoms with E-state index in [2.05, 4.69) is 5.32 Å². The van der Waals surface area contributed by atoms with Crippen LogP contribution in [0.3, 0.4) is 0 Å². The van der Waals surface area contributed by atoms with E-state index in [9.17, 15) is 4.79 Å². The third-order valence-electron chi connectivity index (χ3n) is 3.41. The van der Waals surface area contributed by atoms with Crippen LogP contribution >= 0.6 is 0 Å². The molecular formula is C17H20N2O2. The van der Waals surface area contributed by atoms with Crippen LogP contribution in [-0.2, 0) is 0 Å². The average Bonchev–Trinajstić information content (AvgIpc) is 2.53. The van der Waals surface area contributed by atoms with Gasteiger partial charge in [0.1, 0.15) is 5.75 Å². The van der Waals surface area contributed by atoms with E-state index in [0.717, 1.165) is 12.0 Å². The number of ether oxygens (including phenoxy) is 1. The van der Waals surface area contributed by atoms with Crippen molar-refractivity contribution in [2.75, 3.05) is 12.8 Å². The van der Waals surface area contributed by atoms with Crippen molar-refractivity contribution in [2.24, 2.45) is 0 Å². The molecule has 0 saturated carbocycles. The Labute approximate surface area is 124 Å². The molecule has 4 nitrogen and oxygen atoms in total. The third kappa shape index (κ3) is 3.54. The fraction of sp³-hybridized carbons (Fsp3) is 0.235. The Hall–Kier alpha value is -2.49. The van der Waals surface area contributed by atoms with E-state index in [4.69, 9.17) is 10.5 Å². The molecule has 1 unspecified atom stereocenters. The fourth-order valence-corrected chi connectivity index (χ4v) is 2.22. The standard InChI is InChI=1S/C17H20N2O2/c1-3-15(12-7-5-4-6-8-12)19-17(20)13-9-10-16(21-2)14(18)11-13/h4-11,15H,3,18H2,1-2H3,(H,19,20). The third-order valence-corrected chi connectivity index (χ3v) is 3.41. The van der Waals surface area contributed by atoms with Crippen molar-refractivity contribution in [1.82, 2.24) is 5.32 Å². The van der Waals surface area contributed by atoms with Crippen molar-refractivity contribution in [3.05, 3.63) is 59.7 Å². The molecule has 0 aromatic heterocycles. The lowest BCUT2D eigenvalue weighted by Gasteiger charge is -2.18. The molecule has 3 N–H and O–H groups in total. The number of carbonyl (C=O) groups is 1. The lowest BCUT2D eigenvalue weighted by Crippen LogP contribution is -2.28. The van der Waals surface area contributed by atoms with Gasteiger partial charge in [0.15, 0.2) is 0 Å². The first-order valence-corrected chi connectivity index (χ1v) is 6.95. The first kappa shape index (κ1) is 14.9. The molecule has 2 rings (SSSR count). The van der Waals surface area contributed by atoms with Gasteiger partial charge in [0.2, 0.25) is 0 Å². The topological polar surface area (TPSA) is 64.3 Å². The second-order valence-electron chi connectivity index (χ2n) is 4.80. The van der Waals surface area contributed by atoms with Crippen LogP contribution < -0.4 is 15.8 Å². The number of carbonyl (C=O) groups excluding carboxylic acids is 1. The second kappa shape index (κ2) is 6.79. The van der Waals surface area contributed by atoms with E-state index in [1.54, 1.807) is 25.3 Å². The Kier molecular flexibility index (Phi) is 4.82. The summed E-state index contributed by atoms with van der Waals surface area (Å²) < 4.78 is 5.09. The number of rotatable bonds is 5. The predicted octanol–water partition coefficient (Wildman–Crippen LogP) is 3.16. The van der Waals surface area contributed by atoms with Crippen molar-refractivity contribution in [3.8, 4) is 5.75 Å². The van der Waals surface area contributed by atoms with Crippen molar-refractivity contribution in [1.29, 1.82) is 0 Å². The minimum atomic E-state index is -0.139.